The van der Waals surface area contributed by atoms with E-state index in [0.29, 0.717) is 40.8 Å². The molecule has 1 aromatic heterocycles. The molecule has 0 aliphatic carbocycles. The maximum absolute atomic E-state index is 13.2. The summed E-state index contributed by atoms with van der Waals surface area (Å²) < 4.78 is 24.0. The Morgan fingerprint density at radius 2 is 2.00 bits per heavy atom. The molecule has 0 aliphatic heterocycles. The van der Waals surface area contributed by atoms with Crippen molar-refractivity contribution in [3.63, 3.8) is 0 Å². The summed E-state index contributed by atoms with van der Waals surface area (Å²) in [4.78, 5) is 24.7. The molecule has 0 radical (unpaired) electrons. The van der Waals surface area contributed by atoms with Gasteiger partial charge in [0.15, 0.2) is 0 Å². The topological polar surface area (TPSA) is 68.5 Å². The molecule has 3 rings (SSSR count). The number of carbonyl (C=O) groups excluding carboxylic acids is 1. The number of hydrogen-bond donors (Lipinski definition) is 1. The van der Waals surface area contributed by atoms with Gasteiger partial charge in [-0.15, -0.1) is 0 Å². The Balaban J connectivity index is 1.77. The summed E-state index contributed by atoms with van der Waals surface area (Å²) in [6.07, 6.45) is 0.409. The highest BCUT2D eigenvalue weighted by Gasteiger charge is 2.17. The van der Waals surface area contributed by atoms with Crippen LogP contribution in [0.2, 0.25) is 0 Å². The summed E-state index contributed by atoms with van der Waals surface area (Å²) in [6, 6.07) is 9.87. The zero-order valence-corrected chi connectivity index (χ0v) is 16.1. The first-order chi connectivity index (χ1) is 13.4. The molecular formula is C22H22FNO4. The standard InChI is InChI=1S/C22H22FNO4/c1-13-9-18(27-3)21-14(2)17(22(26)28-19(21)10-13)12-20(25)24-8-7-15-5-4-6-16(23)11-15/h4-6,9-11H,7-8,12H2,1-3H3,(H,24,25). The van der Waals surface area contributed by atoms with Crippen molar-refractivity contribution in [1.82, 2.24) is 5.32 Å². The zero-order valence-electron chi connectivity index (χ0n) is 16.1. The second-order valence-electron chi connectivity index (χ2n) is 6.74. The van der Waals surface area contributed by atoms with Crippen LogP contribution in [0.1, 0.15) is 22.3 Å². The van der Waals surface area contributed by atoms with E-state index in [9.17, 15) is 14.0 Å². The van der Waals surface area contributed by atoms with Gasteiger partial charge in [0.05, 0.1) is 24.5 Å². The third kappa shape index (κ3) is 4.22. The van der Waals surface area contributed by atoms with Crippen LogP contribution in [0.25, 0.3) is 11.0 Å². The maximum atomic E-state index is 13.2. The molecule has 3 aromatic rings. The molecule has 1 amide bonds. The summed E-state index contributed by atoms with van der Waals surface area (Å²) in [5, 5.41) is 3.46. The van der Waals surface area contributed by atoms with Gasteiger partial charge in [-0.2, -0.15) is 0 Å². The molecule has 1 N–H and O–H groups in total. The number of ether oxygens (including phenoxy) is 1. The SMILES string of the molecule is COc1cc(C)cc2oc(=O)c(CC(=O)NCCc3cccc(F)c3)c(C)c12. The van der Waals surface area contributed by atoms with Crippen LogP contribution < -0.4 is 15.7 Å². The molecule has 6 heteroatoms. The minimum absolute atomic E-state index is 0.0930. The van der Waals surface area contributed by atoms with Gasteiger partial charge in [0, 0.05) is 6.54 Å². The monoisotopic (exact) mass is 383 g/mol. The lowest BCUT2D eigenvalue weighted by Crippen LogP contribution is -2.29. The van der Waals surface area contributed by atoms with Crippen molar-refractivity contribution in [3.05, 3.63) is 74.9 Å². The van der Waals surface area contributed by atoms with E-state index in [2.05, 4.69) is 5.32 Å². The van der Waals surface area contributed by atoms with Crippen LogP contribution in [0.5, 0.6) is 5.75 Å². The Hall–Kier alpha value is -3.15. The molecule has 0 saturated heterocycles. The van der Waals surface area contributed by atoms with Gasteiger partial charge in [0.25, 0.3) is 0 Å². The number of hydrogen-bond acceptors (Lipinski definition) is 4. The number of benzene rings is 2. The van der Waals surface area contributed by atoms with Crippen molar-refractivity contribution >= 4 is 16.9 Å². The predicted molar refractivity (Wildman–Crippen MR) is 105 cm³/mol. The average Bonchev–Trinajstić information content (AvgIpc) is 2.64. The van der Waals surface area contributed by atoms with Crippen molar-refractivity contribution in [2.75, 3.05) is 13.7 Å². The van der Waals surface area contributed by atoms with Gasteiger partial charge in [0.2, 0.25) is 5.91 Å². The maximum Gasteiger partial charge on any atom is 0.340 e. The number of rotatable bonds is 6. The highest BCUT2D eigenvalue weighted by molar-refractivity contribution is 5.89. The highest BCUT2D eigenvalue weighted by atomic mass is 19.1. The van der Waals surface area contributed by atoms with Crippen LogP contribution in [0.4, 0.5) is 4.39 Å². The van der Waals surface area contributed by atoms with Crippen molar-refractivity contribution in [2.45, 2.75) is 26.7 Å². The summed E-state index contributed by atoms with van der Waals surface area (Å²) in [7, 11) is 1.55. The van der Waals surface area contributed by atoms with Gasteiger partial charge in [-0.25, -0.2) is 9.18 Å². The summed E-state index contributed by atoms with van der Waals surface area (Å²) in [6.45, 7) is 4.02. The quantitative estimate of drug-likeness (QED) is 0.662. The largest absolute Gasteiger partial charge is 0.496 e. The van der Waals surface area contributed by atoms with Crippen molar-refractivity contribution in [2.24, 2.45) is 0 Å². The third-order valence-corrected chi connectivity index (χ3v) is 4.67. The Morgan fingerprint density at radius 1 is 1.21 bits per heavy atom. The Morgan fingerprint density at radius 3 is 2.71 bits per heavy atom. The molecule has 2 aromatic carbocycles. The van der Waals surface area contributed by atoms with Gasteiger partial charge in [-0.1, -0.05) is 12.1 Å². The van der Waals surface area contributed by atoms with Crippen molar-refractivity contribution in [1.29, 1.82) is 0 Å². The van der Waals surface area contributed by atoms with E-state index in [1.54, 1.807) is 32.2 Å². The Labute approximate surface area is 162 Å². The molecule has 0 fully saturated rings. The average molecular weight is 383 g/mol. The van der Waals surface area contributed by atoms with Crippen LogP contribution in [-0.2, 0) is 17.6 Å². The van der Waals surface area contributed by atoms with Crippen molar-refractivity contribution in [3.8, 4) is 5.75 Å². The molecule has 0 saturated carbocycles. The van der Waals surface area contributed by atoms with Crippen LogP contribution in [0, 0.1) is 19.7 Å². The predicted octanol–water partition coefficient (Wildman–Crippen LogP) is 3.46. The molecule has 28 heavy (non-hydrogen) atoms. The molecular weight excluding hydrogens is 361 g/mol. The number of aryl methyl sites for hydroxylation is 2. The minimum Gasteiger partial charge on any atom is -0.496 e. The van der Waals surface area contributed by atoms with E-state index >= 15 is 0 Å². The summed E-state index contributed by atoms with van der Waals surface area (Å²) >= 11 is 0. The van der Waals surface area contributed by atoms with Gasteiger partial charge in [-0.05, 0) is 61.2 Å². The molecule has 5 nitrogen and oxygen atoms in total. The first-order valence-corrected chi connectivity index (χ1v) is 9.01. The molecule has 0 bridgehead atoms. The fourth-order valence-electron chi connectivity index (χ4n) is 3.26. The van der Waals surface area contributed by atoms with E-state index in [1.807, 2.05) is 13.0 Å². The van der Waals surface area contributed by atoms with Crippen molar-refractivity contribution < 1.29 is 18.3 Å². The fraction of sp³-hybridized carbons (Fsp3) is 0.273. The van der Waals surface area contributed by atoms with Crippen LogP contribution >= 0.6 is 0 Å². The first-order valence-electron chi connectivity index (χ1n) is 9.01. The van der Waals surface area contributed by atoms with Gasteiger partial charge in [-0.3, -0.25) is 4.79 Å². The fourth-order valence-corrected chi connectivity index (χ4v) is 3.26. The summed E-state index contributed by atoms with van der Waals surface area (Å²) in [5.41, 5.74) is 2.59. The van der Waals surface area contributed by atoms with E-state index in [4.69, 9.17) is 9.15 Å². The van der Waals surface area contributed by atoms with Crippen LogP contribution in [-0.4, -0.2) is 19.6 Å². The Bertz CT molecular complexity index is 1090. The third-order valence-electron chi connectivity index (χ3n) is 4.67. The van der Waals surface area contributed by atoms with Gasteiger partial charge >= 0.3 is 5.63 Å². The van der Waals surface area contributed by atoms with E-state index in [0.717, 1.165) is 11.1 Å². The van der Waals surface area contributed by atoms with E-state index in [-0.39, 0.29) is 18.1 Å². The molecule has 0 spiro atoms. The first kappa shape index (κ1) is 19.6. The lowest BCUT2D eigenvalue weighted by atomic mass is 10.0. The number of halogens is 1. The van der Waals surface area contributed by atoms with Gasteiger partial charge < -0.3 is 14.5 Å². The number of methoxy groups -OCH3 is 1. The molecule has 146 valence electrons. The molecule has 0 unspecified atom stereocenters. The second kappa shape index (κ2) is 8.25. The molecule has 0 atom stereocenters. The van der Waals surface area contributed by atoms with E-state index in [1.165, 1.54) is 12.1 Å². The number of carbonyl (C=O) groups is 1. The number of fused-ring (bicyclic) bond motifs is 1. The summed E-state index contributed by atoms with van der Waals surface area (Å²) in [5.74, 6) is -0.00125. The zero-order chi connectivity index (χ0) is 20.3. The molecule has 1 heterocycles. The normalized spacial score (nSPS) is 10.9. The van der Waals surface area contributed by atoms with Crippen LogP contribution in [0.15, 0.2) is 45.6 Å². The van der Waals surface area contributed by atoms with E-state index < -0.39 is 5.63 Å². The van der Waals surface area contributed by atoms with Crippen LogP contribution in [0.3, 0.4) is 0 Å². The lowest BCUT2D eigenvalue weighted by Gasteiger charge is -2.12. The number of amides is 1. The Kier molecular flexibility index (Phi) is 5.78. The molecule has 0 aliphatic rings. The smallest absolute Gasteiger partial charge is 0.340 e. The lowest BCUT2D eigenvalue weighted by molar-refractivity contribution is -0.120. The number of nitrogens with one attached hydrogen (secondary N) is 1. The second-order valence-corrected chi connectivity index (χ2v) is 6.74. The minimum atomic E-state index is -0.530. The van der Waals surface area contributed by atoms with Gasteiger partial charge in [0.1, 0.15) is 17.1 Å². The highest BCUT2D eigenvalue weighted by Crippen LogP contribution is 2.30.